The number of hydrogen-bond acceptors (Lipinski definition) is 7. The first-order valence-electron chi connectivity index (χ1n) is 11.3. The number of fused-ring (bicyclic) bond motifs is 1. The molecule has 10 nitrogen and oxygen atoms in total. The van der Waals surface area contributed by atoms with E-state index in [1.54, 1.807) is 0 Å². The molecule has 0 unspecified atom stereocenters. The first kappa shape index (κ1) is 24.2. The Balaban J connectivity index is 0.000000431. The number of benzene rings is 2. The third kappa shape index (κ3) is 6.17. The summed E-state index contributed by atoms with van der Waals surface area (Å²) in [4.78, 5) is 23.1. The third-order valence-corrected chi connectivity index (χ3v) is 5.80. The Morgan fingerprint density at radius 3 is 2.23 bits per heavy atom. The van der Waals surface area contributed by atoms with Crippen molar-refractivity contribution in [3.63, 3.8) is 0 Å². The maximum atomic E-state index is 9.10. The van der Waals surface area contributed by atoms with Gasteiger partial charge in [-0.05, 0) is 37.4 Å². The van der Waals surface area contributed by atoms with E-state index >= 15 is 0 Å². The highest BCUT2D eigenvalue weighted by Gasteiger charge is 2.20. The smallest absolute Gasteiger partial charge is 0.414 e. The maximum absolute atomic E-state index is 9.10. The normalized spacial score (nSPS) is 15.7. The number of piperazine rings is 1. The number of likely N-dealkylation sites (N-methyl/N-ethyl adjacent to an activating group) is 1. The molecular formula is C25H28N4O6. The van der Waals surface area contributed by atoms with Crippen molar-refractivity contribution in [2.45, 2.75) is 6.54 Å². The summed E-state index contributed by atoms with van der Waals surface area (Å²) in [5.74, 6) is -2.04. The Labute approximate surface area is 202 Å². The Morgan fingerprint density at radius 2 is 1.57 bits per heavy atom. The number of nitrogens with zero attached hydrogens (tertiary/aromatic N) is 4. The van der Waals surface area contributed by atoms with Gasteiger partial charge in [-0.15, -0.1) is 0 Å². The highest BCUT2D eigenvalue weighted by molar-refractivity contribution is 6.27. The molecule has 0 aliphatic carbocycles. The molecule has 184 valence electrons. The summed E-state index contributed by atoms with van der Waals surface area (Å²) in [6.45, 7) is 6.44. The van der Waals surface area contributed by atoms with Gasteiger partial charge in [0.05, 0.1) is 11.4 Å². The van der Waals surface area contributed by atoms with Gasteiger partial charge in [0.1, 0.15) is 13.2 Å². The third-order valence-electron chi connectivity index (χ3n) is 5.80. The van der Waals surface area contributed by atoms with Gasteiger partial charge in [-0.25, -0.2) is 14.3 Å². The van der Waals surface area contributed by atoms with Gasteiger partial charge in [-0.2, -0.15) is 5.10 Å². The molecule has 0 spiro atoms. The first-order chi connectivity index (χ1) is 16.9. The van der Waals surface area contributed by atoms with Gasteiger partial charge in [0.2, 0.25) is 0 Å². The SMILES string of the molecule is CN1CCN(Cc2cn(-c3ccccc3)nc2-c2ccc3c(c2)OCCO3)CC1.O=C(O)C(=O)O. The predicted molar refractivity (Wildman–Crippen MR) is 128 cm³/mol. The minimum absolute atomic E-state index is 0.586. The lowest BCUT2D eigenvalue weighted by Gasteiger charge is -2.32. The molecule has 2 N–H and O–H groups in total. The molecule has 2 aliphatic heterocycles. The summed E-state index contributed by atoms with van der Waals surface area (Å²) >= 11 is 0. The summed E-state index contributed by atoms with van der Waals surface area (Å²) in [7, 11) is 2.19. The molecule has 35 heavy (non-hydrogen) atoms. The highest BCUT2D eigenvalue weighted by Crippen LogP contribution is 2.35. The van der Waals surface area contributed by atoms with E-state index in [0.717, 1.165) is 61.2 Å². The van der Waals surface area contributed by atoms with E-state index in [-0.39, 0.29) is 0 Å². The van der Waals surface area contributed by atoms with Crippen molar-refractivity contribution >= 4 is 11.9 Å². The average Bonchev–Trinajstić information content (AvgIpc) is 3.30. The van der Waals surface area contributed by atoms with Gasteiger partial charge in [0, 0.05) is 50.0 Å². The van der Waals surface area contributed by atoms with Gasteiger partial charge < -0.3 is 24.6 Å². The van der Waals surface area contributed by atoms with Crippen LogP contribution in [-0.2, 0) is 16.1 Å². The molecule has 1 saturated heterocycles. The molecule has 0 saturated carbocycles. The molecule has 0 bridgehead atoms. The number of carboxylic acid groups (broad SMARTS) is 2. The number of ether oxygens (including phenoxy) is 2. The van der Waals surface area contributed by atoms with E-state index in [2.05, 4.69) is 47.3 Å². The van der Waals surface area contributed by atoms with Gasteiger partial charge in [0.25, 0.3) is 0 Å². The minimum Gasteiger partial charge on any atom is -0.486 e. The summed E-state index contributed by atoms with van der Waals surface area (Å²) in [5.41, 5.74) is 4.36. The topological polar surface area (TPSA) is 117 Å². The molecule has 0 atom stereocenters. The summed E-state index contributed by atoms with van der Waals surface area (Å²) in [6, 6.07) is 16.4. The zero-order valence-electron chi connectivity index (χ0n) is 19.5. The second-order valence-corrected chi connectivity index (χ2v) is 8.33. The van der Waals surface area contributed by atoms with Crippen LogP contribution < -0.4 is 9.47 Å². The number of aromatic nitrogens is 2. The van der Waals surface area contributed by atoms with Crippen molar-refractivity contribution in [1.29, 1.82) is 0 Å². The largest absolute Gasteiger partial charge is 0.486 e. The van der Waals surface area contributed by atoms with E-state index < -0.39 is 11.9 Å². The lowest BCUT2D eigenvalue weighted by molar-refractivity contribution is -0.159. The van der Waals surface area contributed by atoms with Crippen LogP contribution in [0.3, 0.4) is 0 Å². The van der Waals surface area contributed by atoms with Crippen LogP contribution in [0.15, 0.2) is 54.7 Å². The highest BCUT2D eigenvalue weighted by atomic mass is 16.6. The quantitative estimate of drug-likeness (QED) is 0.542. The fourth-order valence-corrected chi connectivity index (χ4v) is 3.92. The van der Waals surface area contributed by atoms with E-state index in [9.17, 15) is 0 Å². The number of para-hydroxylation sites is 1. The number of hydrogen-bond donors (Lipinski definition) is 2. The van der Waals surface area contributed by atoms with Crippen LogP contribution in [-0.4, -0.2) is 88.2 Å². The lowest BCUT2D eigenvalue weighted by Crippen LogP contribution is -2.43. The van der Waals surface area contributed by atoms with E-state index in [4.69, 9.17) is 34.4 Å². The summed E-state index contributed by atoms with van der Waals surface area (Å²) in [5, 5.41) is 19.7. The van der Waals surface area contributed by atoms with Gasteiger partial charge in [-0.1, -0.05) is 18.2 Å². The Morgan fingerprint density at radius 1 is 0.914 bits per heavy atom. The van der Waals surface area contributed by atoms with Crippen LogP contribution in [0.1, 0.15) is 5.56 Å². The zero-order valence-corrected chi connectivity index (χ0v) is 19.5. The van der Waals surface area contributed by atoms with Crippen LogP contribution in [0.4, 0.5) is 0 Å². The molecule has 0 radical (unpaired) electrons. The molecule has 3 heterocycles. The molecule has 1 fully saturated rings. The molecular weight excluding hydrogens is 452 g/mol. The van der Waals surface area contributed by atoms with Crippen LogP contribution in [0, 0.1) is 0 Å². The molecule has 2 aromatic carbocycles. The van der Waals surface area contributed by atoms with Gasteiger partial charge in [-0.3, -0.25) is 4.90 Å². The van der Waals surface area contributed by atoms with Gasteiger partial charge >= 0.3 is 11.9 Å². The van der Waals surface area contributed by atoms with Gasteiger partial charge in [0.15, 0.2) is 11.5 Å². The molecule has 0 amide bonds. The number of rotatable bonds is 4. The summed E-state index contributed by atoms with van der Waals surface area (Å²) < 4.78 is 13.5. The Bertz CT molecular complexity index is 1160. The summed E-state index contributed by atoms with van der Waals surface area (Å²) in [6.07, 6.45) is 2.17. The first-order valence-corrected chi connectivity index (χ1v) is 11.3. The van der Waals surface area contributed by atoms with Crippen molar-refractivity contribution in [2.24, 2.45) is 0 Å². The lowest BCUT2D eigenvalue weighted by atomic mass is 10.1. The fourth-order valence-electron chi connectivity index (χ4n) is 3.92. The van der Waals surface area contributed by atoms with Crippen LogP contribution in [0.5, 0.6) is 11.5 Å². The number of carboxylic acids is 2. The molecule has 10 heteroatoms. The van der Waals surface area contributed by atoms with Crippen molar-refractivity contribution in [3.05, 3.63) is 60.3 Å². The second-order valence-electron chi connectivity index (χ2n) is 8.33. The Kier molecular flexibility index (Phi) is 7.64. The van der Waals surface area contributed by atoms with Crippen molar-refractivity contribution in [2.75, 3.05) is 46.4 Å². The van der Waals surface area contributed by atoms with E-state index in [0.29, 0.717) is 13.2 Å². The second kappa shape index (κ2) is 11.0. The number of aliphatic carboxylic acids is 2. The van der Waals surface area contributed by atoms with E-state index in [1.165, 1.54) is 5.56 Å². The number of carbonyl (C=O) groups is 2. The maximum Gasteiger partial charge on any atom is 0.414 e. The van der Waals surface area contributed by atoms with Crippen molar-refractivity contribution < 1.29 is 29.3 Å². The molecule has 2 aliphatic rings. The monoisotopic (exact) mass is 480 g/mol. The Hall–Kier alpha value is -3.89. The zero-order chi connectivity index (χ0) is 24.8. The van der Waals surface area contributed by atoms with Crippen molar-refractivity contribution in [3.8, 4) is 28.4 Å². The van der Waals surface area contributed by atoms with Crippen LogP contribution >= 0.6 is 0 Å². The molecule has 1 aromatic heterocycles. The molecule has 5 rings (SSSR count). The minimum atomic E-state index is -1.82. The predicted octanol–water partition coefficient (Wildman–Crippen LogP) is 2.21. The van der Waals surface area contributed by atoms with E-state index in [1.807, 2.05) is 28.9 Å². The average molecular weight is 481 g/mol. The van der Waals surface area contributed by atoms with Crippen molar-refractivity contribution in [1.82, 2.24) is 19.6 Å². The standard InChI is InChI=1S/C23H26N4O2.C2H2O4/c1-25-9-11-26(12-10-25)16-19-17-27(20-5-3-2-4-6-20)24-23(19)18-7-8-21-22(15-18)29-14-13-28-21;3-1(4)2(5)6/h2-8,15,17H,9-14,16H2,1H3;(H,3,4)(H,5,6). The van der Waals surface area contributed by atoms with Crippen LogP contribution in [0.25, 0.3) is 16.9 Å². The van der Waals surface area contributed by atoms with Crippen LogP contribution in [0.2, 0.25) is 0 Å². The fraction of sp³-hybridized carbons (Fsp3) is 0.320. The molecule has 3 aromatic rings.